The first kappa shape index (κ1) is 20.0. The lowest BCUT2D eigenvalue weighted by Crippen LogP contribution is -2.18. The third-order valence-electron chi connectivity index (χ3n) is 3.92. The minimum Gasteiger partial charge on any atom is -0.488 e. The van der Waals surface area contributed by atoms with Crippen molar-refractivity contribution in [3.63, 3.8) is 0 Å². The second-order valence-corrected chi connectivity index (χ2v) is 6.40. The van der Waals surface area contributed by atoms with Crippen LogP contribution in [0.3, 0.4) is 0 Å². The van der Waals surface area contributed by atoms with Crippen molar-refractivity contribution in [1.82, 2.24) is 5.43 Å². The summed E-state index contributed by atoms with van der Waals surface area (Å²) in [5.74, 6) is -0.0136. The van der Waals surface area contributed by atoms with Crippen LogP contribution in [0.25, 0.3) is 0 Å². The number of ether oxygens (including phenoxy) is 1. The van der Waals surface area contributed by atoms with Crippen LogP contribution in [0.2, 0.25) is 5.02 Å². The molecule has 0 aliphatic carbocycles. The number of para-hydroxylation sites is 1. The van der Waals surface area contributed by atoms with Gasteiger partial charge in [-0.05, 0) is 47.5 Å². The monoisotopic (exact) mass is 409 g/mol. The molecule has 0 atom stereocenters. The molecule has 1 amide bonds. The normalized spacial score (nSPS) is 10.7. The topological polar surface area (TPSA) is 93.8 Å². The maximum atomic E-state index is 12.4. The van der Waals surface area contributed by atoms with Gasteiger partial charge < -0.3 is 4.74 Å². The Hall–Kier alpha value is -3.71. The first-order valence-corrected chi connectivity index (χ1v) is 8.95. The summed E-state index contributed by atoms with van der Waals surface area (Å²) in [5.41, 5.74) is 4.28. The summed E-state index contributed by atoms with van der Waals surface area (Å²) < 4.78 is 5.76. The van der Waals surface area contributed by atoms with Gasteiger partial charge in [-0.1, -0.05) is 35.9 Å². The molecule has 3 aromatic rings. The Labute approximate surface area is 171 Å². The van der Waals surface area contributed by atoms with Gasteiger partial charge in [0.1, 0.15) is 12.4 Å². The summed E-state index contributed by atoms with van der Waals surface area (Å²) in [7, 11) is 0. The number of nitrogens with zero attached hydrogens (tertiary/aromatic N) is 2. The second kappa shape index (κ2) is 9.48. The van der Waals surface area contributed by atoms with Gasteiger partial charge >= 0.3 is 0 Å². The minimum absolute atomic E-state index is 0.0158. The number of benzene rings is 3. The lowest BCUT2D eigenvalue weighted by molar-refractivity contribution is -0.384. The van der Waals surface area contributed by atoms with Crippen molar-refractivity contribution >= 4 is 29.4 Å². The summed E-state index contributed by atoms with van der Waals surface area (Å²) in [6.45, 7) is 0.285. The molecule has 8 heteroatoms. The third-order valence-corrected chi connectivity index (χ3v) is 4.17. The number of carbonyl (C=O) groups is 1. The van der Waals surface area contributed by atoms with Crippen LogP contribution >= 0.6 is 11.6 Å². The quantitative estimate of drug-likeness (QED) is 0.351. The highest BCUT2D eigenvalue weighted by Crippen LogP contribution is 2.20. The van der Waals surface area contributed by atoms with Crippen molar-refractivity contribution in [2.24, 2.45) is 5.10 Å². The molecule has 7 nitrogen and oxygen atoms in total. The molecule has 0 unspecified atom stereocenters. The zero-order chi connectivity index (χ0) is 20.6. The number of amides is 1. The molecule has 0 heterocycles. The Balaban J connectivity index is 1.63. The van der Waals surface area contributed by atoms with E-state index in [0.29, 0.717) is 21.9 Å². The molecule has 0 saturated carbocycles. The van der Waals surface area contributed by atoms with E-state index in [1.165, 1.54) is 30.5 Å². The molecule has 0 aliphatic heterocycles. The van der Waals surface area contributed by atoms with E-state index >= 15 is 0 Å². The van der Waals surface area contributed by atoms with E-state index in [1.54, 1.807) is 36.4 Å². The molecule has 0 saturated heterocycles. The van der Waals surface area contributed by atoms with Gasteiger partial charge in [-0.2, -0.15) is 5.10 Å². The van der Waals surface area contributed by atoms with Crippen LogP contribution in [0, 0.1) is 10.1 Å². The van der Waals surface area contributed by atoms with E-state index in [0.717, 1.165) is 5.56 Å². The SMILES string of the molecule is O=C(N/N=C\c1ccc([N+](=O)[O-])cc1)c1ccccc1OCc1ccc(Cl)cc1. The molecule has 3 rings (SSSR count). The predicted molar refractivity (Wildman–Crippen MR) is 110 cm³/mol. The first-order chi connectivity index (χ1) is 14.0. The van der Waals surface area contributed by atoms with Gasteiger partial charge in [0, 0.05) is 17.2 Å². The maximum absolute atomic E-state index is 12.4. The molecule has 0 radical (unpaired) electrons. The van der Waals surface area contributed by atoms with Gasteiger partial charge in [0.2, 0.25) is 0 Å². The zero-order valence-corrected chi connectivity index (χ0v) is 15.9. The van der Waals surface area contributed by atoms with Crippen LogP contribution in [0.5, 0.6) is 5.75 Å². The largest absolute Gasteiger partial charge is 0.488 e. The van der Waals surface area contributed by atoms with E-state index < -0.39 is 10.8 Å². The minimum atomic E-state index is -0.482. The van der Waals surface area contributed by atoms with Crippen LogP contribution < -0.4 is 10.2 Å². The van der Waals surface area contributed by atoms with Crippen molar-refractivity contribution in [3.8, 4) is 5.75 Å². The van der Waals surface area contributed by atoms with Crippen LogP contribution in [-0.2, 0) is 6.61 Å². The highest BCUT2D eigenvalue weighted by Gasteiger charge is 2.11. The summed E-state index contributed by atoms with van der Waals surface area (Å²) >= 11 is 5.87. The summed E-state index contributed by atoms with van der Waals surface area (Å²) in [5, 5.41) is 15.2. The molecule has 29 heavy (non-hydrogen) atoms. The van der Waals surface area contributed by atoms with Crippen LogP contribution in [0.1, 0.15) is 21.5 Å². The molecule has 1 N–H and O–H groups in total. The Bertz CT molecular complexity index is 1030. The van der Waals surface area contributed by atoms with Gasteiger partial charge in [0.05, 0.1) is 16.7 Å². The van der Waals surface area contributed by atoms with Crippen LogP contribution in [0.15, 0.2) is 77.9 Å². The summed E-state index contributed by atoms with van der Waals surface area (Å²) in [4.78, 5) is 22.6. The van der Waals surface area contributed by atoms with Crippen LogP contribution in [0.4, 0.5) is 5.69 Å². The first-order valence-electron chi connectivity index (χ1n) is 8.57. The standard InChI is InChI=1S/C21H16ClN3O4/c22-17-9-5-16(6-10-17)14-29-20-4-2-1-3-19(20)21(26)24-23-13-15-7-11-18(12-8-15)25(27)28/h1-13H,14H2,(H,24,26)/b23-13-. The molecular weight excluding hydrogens is 394 g/mol. The highest BCUT2D eigenvalue weighted by atomic mass is 35.5. The Morgan fingerprint density at radius 1 is 1.07 bits per heavy atom. The Morgan fingerprint density at radius 3 is 2.45 bits per heavy atom. The number of non-ortho nitro benzene ring substituents is 1. The van der Waals surface area contributed by atoms with Gasteiger partial charge in [0.15, 0.2) is 0 Å². The number of hydrazone groups is 1. The maximum Gasteiger partial charge on any atom is 0.275 e. The number of hydrogen-bond donors (Lipinski definition) is 1. The molecule has 0 fully saturated rings. The number of rotatable bonds is 7. The lowest BCUT2D eigenvalue weighted by atomic mass is 10.2. The smallest absolute Gasteiger partial charge is 0.275 e. The fraction of sp³-hybridized carbons (Fsp3) is 0.0476. The third kappa shape index (κ3) is 5.63. The second-order valence-electron chi connectivity index (χ2n) is 5.96. The molecule has 0 spiro atoms. The van der Waals surface area contributed by atoms with Gasteiger partial charge in [-0.3, -0.25) is 14.9 Å². The van der Waals surface area contributed by atoms with Gasteiger partial charge in [-0.15, -0.1) is 0 Å². The molecule has 0 bridgehead atoms. The average Bonchev–Trinajstić information content (AvgIpc) is 2.74. The predicted octanol–water partition coefficient (Wildman–Crippen LogP) is 4.59. The molecule has 146 valence electrons. The van der Waals surface area contributed by atoms with Crippen molar-refractivity contribution in [2.75, 3.05) is 0 Å². The fourth-order valence-corrected chi connectivity index (χ4v) is 2.56. The molecular formula is C21H16ClN3O4. The number of nitrogens with one attached hydrogen (secondary N) is 1. The van der Waals surface area contributed by atoms with E-state index in [1.807, 2.05) is 12.1 Å². The average molecular weight is 410 g/mol. The number of hydrogen-bond acceptors (Lipinski definition) is 5. The number of nitro benzene ring substituents is 1. The molecule has 3 aromatic carbocycles. The Kier molecular flexibility index (Phi) is 6.55. The number of nitro groups is 1. The molecule has 0 aliphatic rings. The number of halogens is 1. The molecule has 0 aromatic heterocycles. The van der Waals surface area contributed by atoms with E-state index in [2.05, 4.69) is 10.5 Å². The lowest BCUT2D eigenvalue weighted by Gasteiger charge is -2.10. The van der Waals surface area contributed by atoms with Gasteiger partial charge in [0.25, 0.3) is 11.6 Å². The van der Waals surface area contributed by atoms with E-state index in [4.69, 9.17) is 16.3 Å². The zero-order valence-electron chi connectivity index (χ0n) is 15.1. The summed E-state index contributed by atoms with van der Waals surface area (Å²) in [6, 6.07) is 19.9. The van der Waals surface area contributed by atoms with Crippen molar-refractivity contribution in [2.45, 2.75) is 6.61 Å². The van der Waals surface area contributed by atoms with Gasteiger partial charge in [-0.25, -0.2) is 5.43 Å². The number of carbonyl (C=O) groups excluding carboxylic acids is 1. The van der Waals surface area contributed by atoms with Crippen molar-refractivity contribution in [1.29, 1.82) is 0 Å². The highest BCUT2D eigenvalue weighted by molar-refractivity contribution is 6.30. The van der Waals surface area contributed by atoms with Crippen molar-refractivity contribution in [3.05, 3.63) is 105 Å². The fourth-order valence-electron chi connectivity index (χ4n) is 2.43. The van der Waals surface area contributed by atoms with Crippen LogP contribution in [-0.4, -0.2) is 17.0 Å². The van der Waals surface area contributed by atoms with E-state index in [-0.39, 0.29) is 12.3 Å². The van der Waals surface area contributed by atoms with Crippen molar-refractivity contribution < 1.29 is 14.5 Å². The Morgan fingerprint density at radius 2 is 1.76 bits per heavy atom. The summed E-state index contributed by atoms with van der Waals surface area (Å²) in [6.07, 6.45) is 1.40. The van der Waals surface area contributed by atoms with E-state index in [9.17, 15) is 14.9 Å².